The quantitative estimate of drug-likeness (QED) is 0.806. The van der Waals surface area contributed by atoms with Crippen molar-refractivity contribution >= 4 is 11.8 Å². The summed E-state index contributed by atoms with van der Waals surface area (Å²) in [4.78, 5) is 26.2. The van der Waals surface area contributed by atoms with Crippen LogP contribution in [0.15, 0.2) is 48.5 Å². The molecule has 0 radical (unpaired) electrons. The Bertz CT molecular complexity index is 838. The Labute approximate surface area is 164 Å². The monoisotopic (exact) mass is 383 g/mol. The second-order valence-electron chi connectivity index (χ2n) is 7.19. The average molecular weight is 383 g/mol. The first-order valence-corrected chi connectivity index (χ1v) is 9.55. The minimum absolute atomic E-state index is 0.0384. The van der Waals surface area contributed by atoms with Crippen molar-refractivity contribution in [2.45, 2.75) is 31.3 Å². The zero-order valence-electron chi connectivity index (χ0n) is 16.2. The van der Waals surface area contributed by atoms with Crippen LogP contribution in [-0.2, 0) is 4.79 Å². The zero-order chi connectivity index (χ0) is 20.1. The van der Waals surface area contributed by atoms with Crippen LogP contribution in [0.3, 0.4) is 0 Å². The Kier molecular flexibility index (Phi) is 6.41. The van der Waals surface area contributed by atoms with Gasteiger partial charge >= 0.3 is 0 Å². The summed E-state index contributed by atoms with van der Waals surface area (Å²) >= 11 is 0. The first kappa shape index (κ1) is 20.0. The lowest BCUT2D eigenvalue weighted by Gasteiger charge is -2.25. The van der Waals surface area contributed by atoms with Crippen LogP contribution in [0, 0.1) is 5.82 Å². The van der Waals surface area contributed by atoms with Crippen molar-refractivity contribution in [3.63, 3.8) is 0 Å². The summed E-state index contributed by atoms with van der Waals surface area (Å²) in [5.41, 5.74) is 1.80. The number of nitrogens with one attached hydrogen (secondary N) is 2. The molecule has 2 aromatic carbocycles. The number of carbonyl (C=O) groups excluding carboxylic acids is 2. The molecular weight excluding hydrogens is 357 g/mol. The molecule has 0 aliphatic carbocycles. The lowest BCUT2D eigenvalue weighted by molar-refractivity contribution is -0.121. The van der Waals surface area contributed by atoms with Crippen molar-refractivity contribution < 1.29 is 14.0 Å². The smallest absolute Gasteiger partial charge is 0.251 e. The van der Waals surface area contributed by atoms with Gasteiger partial charge in [-0.2, -0.15) is 0 Å². The van der Waals surface area contributed by atoms with E-state index in [0.29, 0.717) is 24.1 Å². The average Bonchev–Trinajstić information content (AvgIpc) is 3.06. The predicted molar refractivity (Wildman–Crippen MR) is 107 cm³/mol. The number of likely N-dealkylation sites (N-methyl/N-ethyl adjacent to an activating group) is 1. The number of nitrogens with zero attached hydrogens (tertiary/aromatic N) is 1. The molecule has 148 valence electrons. The Morgan fingerprint density at radius 2 is 1.75 bits per heavy atom. The number of benzene rings is 2. The molecule has 3 rings (SSSR count). The maximum Gasteiger partial charge on any atom is 0.251 e. The number of hydrogen-bond donors (Lipinski definition) is 2. The highest BCUT2D eigenvalue weighted by Crippen LogP contribution is 2.25. The predicted octanol–water partition coefficient (Wildman–Crippen LogP) is 2.82. The van der Waals surface area contributed by atoms with Gasteiger partial charge in [0.2, 0.25) is 5.91 Å². The van der Waals surface area contributed by atoms with E-state index >= 15 is 0 Å². The van der Waals surface area contributed by atoms with Gasteiger partial charge in [-0.05, 0) is 43.7 Å². The van der Waals surface area contributed by atoms with Crippen molar-refractivity contribution in [2.24, 2.45) is 0 Å². The van der Waals surface area contributed by atoms with E-state index in [9.17, 15) is 14.0 Å². The fraction of sp³-hybridized carbons (Fsp3) is 0.364. The van der Waals surface area contributed by atoms with Crippen LogP contribution >= 0.6 is 0 Å². The number of hydrogen-bond acceptors (Lipinski definition) is 3. The molecule has 1 saturated heterocycles. The molecule has 2 N–H and O–H groups in total. The lowest BCUT2D eigenvalue weighted by Crippen LogP contribution is -2.42. The fourth-order valence-electron chi connectivity index (χ4n) is 3.71. The van der Waals surface area contributed by atoms with Gasteiger partial charge in [0, 0.05) is 43.2 Å². The SMILES string of the molecule is CNC(=O)C[C@H]1CC[C@@H](CNC(=O)c2ccc(-c3ccccc3F)cc2)N1C. The summed E-state index contributed by atoms with van der Waals surface area (Å²) in [7, 11) is 3.65. The van der Waals surface area contributed by atoms with E-state index in [-0.39, 0.29) is 29.7 Å². The van der Waals surface area contributed by atoms with Gasteiger partial charge < -0.3 is 10.6 Å². The first-order valence-electron chi connectivity index (χ1n) is 9.55. The summed E-state index contributed by atoms with van der Waals surface area (Å²) in [6, 6.07) is 13.9. The molecule has 0 spiro atoms. The van der Waals surface area contributed by atoms with Crippen molar-refractivity contribution in [3.05, 3.63) is 59.9 Å². The largest absolute Gasteiger partial charge is 0.359 e. The fourth-order valence-corrected chi connectivity index (χ4v) is 3.71. The molecule has 2 aromatic rings. The Morgan fingerprint density at radius 1 is 1.07 bits per heavy atom. The van der Waals surface area contributed by atoms with Crippen LogP contribution in [0.1, 0.15) is 29.6 Å². The van der Waals surface area contributed by atoms with Gasteiger partial charge in [0.05, 0.1) is 0 Å². The van der Waals surface area contributed by atoms with Crippen LogP contribution in [0.5, 0.6) is 0 Å². The Balaban J connectivity index is 1.55. The first-order chi connectivity index (χ1) is 13.5. The number of amides is 2. The second kappa shape index (κ2) is 8.97. The Hall–Kier alpha value is -2.73. The minimum Gasteiger partial charge on any atom is -0.359 e. The van der Waals surface area contributed by atoms with Crippen LogP contribution in [-0.4, -0.2) is 49.4 Å². The molecule has 0 saturated carbocycles. The Morgan fingerprint density at radius 3 is 2.43 bits per heavy atom. The third kappa shape index (κ3) is 4.57. The molecule has 5 nitrogen and oxygen atoms in total. The standard InChI is InChI=1S/C22H26FN3O2/c1-24-21(27)13-17-11-12-18(26(17)2)14-25-22(28)16-9-7-15(8-10-16)19-5-3-4-6-20(19)23/h3-10,17-18H,11-14H2,1-2H3,(H,24,27)(H,25,28)/t17-,18+/m1/s1. The van der Waals surface area contributed by atoms with E-state index in [4.69, 9.17) is 0 Å². The molecule has 0 bridgehead atoms. The van der Waals surface area contributed by atoms with Crippen LogP contribution < -0.4 is 10.6 Å². The number of likely N-dealkylation sites (tertiary alicyclic amines) is 1. The number of carbonyl (C=O) groups is 2. The number of halogens is 1. The van der Waals surface area contributed by atoms with Crippen molar-refractivity contribution in [1.82, 2.24) is 15.5 Å². The topological polar surface area (TPSA) is 61.4 Å². The lowest BCUT2D eigenvalue weighted by atomic mass is 10.0. The summed E-state index contributed by atoms with van der Waals surface area (Å²) in [5, 5.41) is 5.63. The normalized spacial score (nSPS) is 19.4. The van der Waals surface area contributed by atoms with Crippen LogP contribution in [0.4, 0.5) is 4.39 Å². The van der Waals surface area contributed by atoms with Crippen LogP contribution in [0.25, 0.3) is 11.1 Å². The van der Waals surface area contributed by atoms with Gasteiger partial charge in [-0.1, -0.05) is 30.3 Å². The summed E-state index contributed by atoms with van der Waals surface area (Å²) in [6.45, 7) is 0.536. The van der Waals surface area contributed by atoms with E-state index in [1.54, 1.807) is 49.5 Å². The summed E-state index contributed by atoms with van der Waals surface area (Å²) in [5.74, 6) is -0.394. The summed E-state index contributed by atoms with van der Waals surface area (Å²) < 4.78 is 13.9. The van der Waals surface area contributed by atoms with Gasteiger partial charge in [0.15, 0.2) is 0 Å². The molecule has 0 unspecified atom stereocenters. The van der Waals surface area contributed by atoms with Gasteiger partial charge in [0.25, 0.3) is 5.91 Å². The molecule has 6 heteroatoms. The highest BCUT2D eigenvalue weighted by atomic mass is 19.1. The third-order valence-corrected chi connectivity index (χ3v) is 5.52. The molecular formula is C22H26FN3O2. The highest BCUT2D eigenvalue weighted by molar-refractivity contribution is 5.94. The summed E-state index contributed by atoms with van der Waals surface area (Å²) in [6.07, 6.45) is 2.38. The molecule has 1 fully saturated rings. The maximum atomic E-state index is 13.9. The molecule has 0 aromatic heterocycles. The van der Waals surface area contributed by atoms with E-state index in [1.807, 2.05) is 7.05 Å². The van der Waals surface area contributed by atoms with E-state index in [0.717, 1.165) is 18.4 Å². The molecule has 1 heterocycles. The zero-order valence-corrected chi connectivity index (χ0v) is 16.2. The van der Waals surface area contributed by atoms with Gasteiger partial charge in [-0.3, -0.25) is 14.5 Å². The maximum absolute atomic E-state index is 13.9. The van der Waals surface area contributed by atoms with E-state index in [1.165, 1.54) is 6.07 Å². The minimum atomic E-state index is -0.282. The van der Waals surface area contributed by atoms with Crippen molar-refractivity contribution in [1.29, 1.82) is 0 Å². The number of rotatable bonds is 6. The molecule has 2 atom stereocenters. The van der Waals surface area contributed by atoms with Gasteiger partial charge in [0.1, 0.15) is 5.82 Å². The molecule has 1 aliphatic rings. The second-order valence-corrected chi connectivity index (χ2v) is 7.19. The molecule has 2 amide bonds. The van der Waals surface area contributed by atoms with Gasteiger partial charge in [-0.15, -0.1) is 0 Å². The molecule has 1 aliphatic heterocycles. The van der Waals surface area contributed by atoms with E-state index < -0.39 is 0 Å². The van der Waals surface area contributed by atoms with Crippen LogP contribution in [0.2, 0.25) is 0 Å². The highest BCUT2D eigenvalue weighted by Gasteiger charge is 2.31. The molecule has 28 heavy (non-hydrogen) atoms. The van der Waals surface area contributed by atoms with Crippen molar-refractivity contribution in [3.8, 4) is 11.1 Å². The van der Waals surface area contributed by atoms with Crippen molar-refractivity contribution in [2.75, 3.05) is 20.6 Å². The van der Waals surface area contributed by atoms with E-state index in [2.05, 4.69) is 15.5 Å². The van der Waals surface area contributed by atoms with Gasteiger partial charge in [-0.25, -0.2) is 4.39 Å². The third-order valence-electron chi connectivity index (χ3n) is 5.52.